The van der Waals surface area contributed by atoms with Gasteiger partial charge in [0.1, 0.15) is 5.82 Å². The van der Waals surface area contributed by atoms with Crippen LogP contribution in [0.3, 0.4) is 0 Å². The molecule has 2 rings (SSSR count). The van der Waals surface area contributed by atoms with Crippen LogP contribution < -0.4 is 0 Å². The topological polar surface area (TPSA) is 25.8 Å². The monoisotopic (exact) mass is 172 g/mol. The molecule has 1 heterocycles. The minimum absolute atomic E-state index is 0.857. The van der Waals surface area contributed by atoms with E-state index in [1.165, 1.54) is 5.39 Å². The predicted molar refractivity (Wildman–Crippen MR) is 53.7 cm³/mol. The van der Waals surface area contributed by atoms with Crippen molar-refractivity contribution in [3.63, 3.8) is 0 Å². The summed E-state index contributed by atoms with van der Waals surface area (Å²) in [5.41, 5.74) is 2.19. The van der Waals surface area contributed by atoms with Crippen molar-refractivity contribution in [1.29, 1.82) is 0 Å². The quantitative estimate of drug-likeness (QED) is 0.660. The van der Waals surface area contributed by atoms with Gasteiger partial charge in [0.15, 0.2) is 0 Å². The van der Waals surface area contributed by atoms with Crippen LogP contribution in [0.1, 0.15) is 18.4 Å². The van der Waals surface area contributed by atoms with Gasteiger partial charge >= 0.3 is 0 Å². The van der Waals surface area contributed by atoms with E-state index in [1.54, 1.807) is 0 Å². The van der Waals surface area contributed by atoms with Crippen molar-refractivity contribution >= 4 is 10.9 Å². The van der Waals surface area contributed by atoms with Gasteiger partial charge in [0.2, 0.25) is 0 Å². The lowest BCUT2D eigenvalue weighted by Crippen LogP contribution is -1.95. The van der Waals surface area contributed by atoms with Crippen molar-refractivity contribution in [3.8, 4) is 0 Å². The Kier molecular flexibility index (Phi) is 1.97. The van der Waals surface area contributed by atoms with E-state index < -0.39 is 0 Å². The highest BCUT2D eigenvalue weighted by atomic mass is 14.9. The molecule has 2 heteroatoms. The van der Waals surface area contributed by atoms with Crippen LogP contribution in [-0.2, 0) is 6.42 Å². The average molecular weight is 172 g/mol. The molecule has 0 radical (unpaired) electrons. The summed E-state index contributed by atoms with van der Waals surface area (Å²) in [6.07, 6.45) is 0.962. The molecule has 0 spiro atoms. The highest BCUT2D eigenvalue weighted by Gasteiger charge is 2.01. The SMILES string of the molecule is CCc1nc(C)nc2ccccc12. The third-order valence-corrected chi connectivity index (χ3v) is 2.13. The van der Waals surface area contributed by atoms with E-state index in [9.17, 15) is 0 Å². The lowest BCUT2D eigenvalue weighted by Gasteiger charge is -2.03. The van der Waals surface area contributed by atoms with Gasteiger partial charge in [-0.25, -0.2) is 9.97 Å². The second-order valence-electron chi connectivity index (χ2n) is 3.09. The maximum absolute atomic E-state index is 4.41. The van der Waals surface area contributed by atoms with E-state index in [1.807, 2.05) is 25.1 Å². The van der Waals surface area contributed by atoms with Gasteiger partial charge in [0, 0.05) is 5.39 Å². The molecule has 0 bridgehead atoms. The van der Waals surface area contributed by atoms with E-state index >= 15 is 0 Å². The Morgan fingerprint density at radius 1 is 1.15 bits per heavy atom. The molecule has 2 aromatic rings. The number of rotatable bonds is 1. The molecule has 0 saturated heterocycles. The first kappa shape index (κ1) is 8.17. The third-order valence-electron chi connectivity index (χ3n) is 2.13. The zero-order valence-corrected chi connectivity index (χ0v) is 7.91. The maximum atomic E-state index is 4.41. The number of benzene rings is 1. The minimum Gasteiger partial charge on any atom is -0.238 e. The fourth-order valence-corrected chi connectivity index (χ4v) is 1.54. The molecule has 0 aliphatic heterocycles. The molecule has 1 aromatic carbocycles. The van der Waals surface area contributed by atoms with Crippen molar-refractivity contribution in [2.45, 2.75) is 20.3 Å². The predicted octanol–water partition coefficient (Wildman–Crippen LogP) is 2.50. The first-order valence-corrected chi connectivity index (χ1v) is 4.53. The summed E-state index contributed by atoms with van der Waals surface area (Å²) in [6, 6.07) is 8.14. The number of nitrogens with zero attached hydrogens (tertiary/aromatic N) is 2. The molecular formula is C11H12N2. The van der Waals surface area contributed by atoms with E-state index in [-0.39, 0.29) is 0 Å². The third kappa shape index (κ3) is 1.39. The van der Waals surface area contributed by atoms with Crippen molar-refractivity contribution in [3.05, 3.63) is 35.8 Å². The molecule has 0 unspecified atom stereocenters. The summed E-state index contributed by atoms with van der Waals surface area (Å²) < 4.78 is 0. The Morgan fingerprint density at radius 3 is 2.69 bits per heavy atom. The Hall–Kier alpha value is -1.44. The van der Waals surface area contributed by atoms with Crippen LogP contribution in [0.25, 0.3) is 10.9 Å². The molecule has 2 nitrogen and oxygen atoms in total. The van der Waals surface area contributed by atoms with Gasteiger partial charge in [-0.1, -0.05) is 25.1 Å². The number of hydrogen-bond donors (Lipinski definition) is 0. The zero-order chi connectivity index (χ0) is 9.26. The molecule has 1 aromatic heterocycles. The molecule has 0 saturated carbocycles. The van der Waals surface area contributed by atoms with Crippen LogP contribution in [0.5, 0.6) is 0 Å². The Morgan fingerprint density at radius 2 is 1.92 bits per heavy atom. The van der Waals surface area contributed by atoms with Crippen LogP contribution in [-0.4, -0.2) is 9.97 Å². The highest BCUT2D eigenvalue weighted by molar-refractivity contribution is 5.80. The molecule has 0 amide bonds. The minimum atomic E-state index is 0.857. The fraction of sp³-hybridized carbons (Fsp3) is 0.273. The van der Waals surface area contributed by atoms with Crippen molar-refractivity contribution in [2.75, 3.05) is 0 Å². The zero-order valence-electron chi connectivity index (χ0n) is 7.91. The normalized spacial score (nSPS) is 10.6. The number of para-hydroxylation sites is 1. The molecule has 13 heavy (non-hydrogen) atoms. The van der Waals surface area contributed by atoms with Gasteiger partial charge in [0.05, 0.1) is 11.2 Å². The average Bonchev–Trinajstić information content (AvgIpc) is 2.16. The largest absolute Gasteiger partial charge is 0.238 e. The van der Waals surface area contributed by atoms with Crippen LogP contribution >= 0.6 is 0 Å². The smallest absolute Gasteiger partial charge is 0.126 e. The van der Waals surface area contributed by atoms with E-state index in [4.69, 9.17) is 0 Å². The molecule has 0 aliphatic carbocycles. The number of hydrogen-bond acceptors (Lipinski definition) is 2. The van der Waals surface area contributed by atoms with Gasteiger partial charge in [-0.3, -0.25) is 0 Å². The standard InChI is InChI=1S/C11H12N2/c1-3-10-9-6-4-5-7-11(9)13-8(2)12-10/h4-7H,3H2,1-2H3. The Labute approximate surface area is 77.6 Å². The van der Waals surface area contributed by atoms with Gasteiger partial charge in [-0.2, -0.15) is 0 Å². The lowest BCUT2D eigenvalue weighted by molar-refractivity contribution is 0.981. The van der Waals surface area contributed by atoms with Crippen LogP contribution in [0.4, 0.5) is 0 Å². The molecule has 66 valence electrons. The summed E-state index contributed by atoms with van der Waals surface area (Å²) in [5, 5.41) is 1.18. The number of aromatic nitrogens is 2. The Balaban J connectivity index is 2.81. The summed E-state index contributed by atoms with van der Waals surface area (Å²) in [6.45, 7) is 4.06. The molecule has 0 N–H and O–H groups in total. The molecule has 0 aliphatic rings. The summed E-state index contributed by atoms with van der Waals surface area (Å²) in [5.74, 6) is 0.857. The van der Waals surface area contributed by atoms with Gasteiger partial charge < -0.3 is 0 Å². The summed E-state index contributed by atoms with van der Waals surface area (Å²) >= 11 is 0. The molecular weight excluding hydrogens is 160 g/mol. The van der Waals surface area contributed by atoms with Crippen LogP contribution in [0.15, 0.2) is 24.3 Å². The van der Waals surface area contributed by atoms with Crippen molar-refractivity contribution in [1.82, 2.24) is 9.97 Å². The number of aryl methyl sites for hydroxylation is 2. The fourth-order valence-electron chi connectivity index (χ4n) is 1.54. The van der Waals surface area contributed by atoms with Crippen molar-refractivity contribution < 1.29 is 0 Å². The maximum Gasteiger partial charge on any atom is 0.126 e. The molecule has 0 atom stereocenters. The van der Waals surface area contributed by atoms with Crippen LogP contribution in [0.2, 0.25) is 0 Å². The number of fused-ring (bicyclic) bond motifs is 1. The summed E-state index contributed by atoms with van der Waals surface area (Å²) in [4.78, 5) is 8.78. The van der Waals surface area contributed by atoms with Crippen molar-refractivity contribution in [2.24, 2.45) is 0 Å². The second-order valence-corrected chi connectivity index (χ2v) is 3.09. The molecule has 0 fully saturated rings. The van der Waals surface area contributed by atoms with Crippen LogP contribution in [0, 0.1) is 6.92 Å². The first-order chi connectivity index (χ1) is 6.31. The van der Waals surface area contributed by atoms with Gasteiger partial charge in [-0.15, -0.1) is 0 Å². The second kappa shape index (κ2) is 3.13. The van der Waals surface area contributed by atoms with Gasteiger partial charge in [0.25, 0.3) is 0 Å². The lowest BCUT2D eigenvalue weighted by atomic mass is 10.1. The summed E-state index contributed by atoms with van der Waals surface area (Å²) in [7, 11) is 0. The Bertz CT molecular complexity index is 435. The highest BCUT2D eigenvalue weighted by Crippen LogP contribution is 2.15. The van der Waals surface area contributed by atoms with Gasteiger partial charge in [-0.05, 0) is 19.4 Å². The van der Waals surface area contributed by atoms with E-state index in [2.05, 4.69) is 23.0 Å². The van der Waals surface area contributed by atoms with E-state index in [0.717, 1.165) is 23.5 Å². The van der Waals surface area contributed by atoms with E-state index in [0.29, 0.717) is 0 Å². The first-order valence-electron chi connectivity index (χ1n) is 4.53.